The van der Waals surface area contributed by atoms with Gasteiger partial charge in [0.25, 0.3) is 5.91 Å². The number of carbonyl (C=O) groups excluding carboxylic acids is 2. The van der Waals surface area contributed by atoms with Crippen LogP contribution in [0.1, 0.15) is 60.9 Å². The smallest absolute Gasteiger partial charge is 0.254 e. The van der Waals surface area contributed by atoms with Crippen molar-refractivity contribution in [3.05, 3.63) is 35.4 Å². The lowest BCUT2D eigenvalue weighted by molar-refractivity contribution is -0.129. The molecule has 0 aromatic heterocycles. The first-order chi connectivity index (χ1) is 15.6. The van der Waals surface area contributed by atoms with Crippen molar-refractivity contribution in [3.63, 3.8) is 0 Å². The standard InChI is InChI=1S/C26H40N4O2/c1-21-9-3-6-12-23(21)26(32)30-19-17-29(18-20-30)24(22-10-4-5-11-22)25(31)27-13-16-28-14-7-2-8-15-28/h3,6,9,12,22,24H,2,4-5,7-8,10-11,13-20H2,1H3,(H,27,31)/t24-/m0/s1. The Hall–Kier alpha value is -1.92. The Morgan fingerprint density at radius 1 is 0.938 bits per heavy atom. The minimum absolute atomic E-state index is 0.0467. The SMILES string of the molecule is Cc1ccccc1C(=O)N1CCN([C@H](C(=O)NCCN2CCCCC2)C2CCCC2)CC1. The zero-order valence-electron chi connectivity index (χ0n) is 19.7. The van der Waals surface area contributed by atoms with Crippen molar-refractivity contribution in [2.24, 2.45) is 5.92 Å². The molecule has 6 nitrogen and oxygen atoms in total. The van der Waals surface area contributed by atoms with Gasteiger partial charge in [-0.05, 0) is 63.2 Å². The quantitative estimate of drug-likeness (QED) is 0.708. The molecule has 0 radical (unpaired) electrons. The van der Waals surface area contributed by atoms with Gasteiger partial charge in [0.1, 0.15) is 0 Å². The second-order valence-corrected chi connectivity index (χ2v) is 9.83. The van der Waals surface area contributed by atoms with Crippen molar-refractivity contribution in [2.75, 3.05) is 52.4 Å². The number of piperidine rings is 1. The van der Waals surface area contributed by atoms with E-state index in [-0.39, 0.29) is 17.9 Å². The van der Waals surface area contributed by atoms with Gasteiger partial charge in [0.15, 0.2) is 0 Å². The van der Waals surface area contributed by atoms with Crippen LogP contribution in [0.2, 0.25) is 0 Å². The van der Waals surface area contributed by atoms with E-state index in [2.05, 4.69) is 15.1 Å². The van der Waals surface area contributed by atoms with Gasteiger partial charge in [0.2, 0.25) is 5.91 Å². The van der Waals surface area contributed by atoms with E-state index in [1.165, 1.54) is 45.2 Å². The van der Waals surface area contributed by atoms with Crippen molar-refractivity contribution in [1.29, 1.82) is 0 Å². The molecule has 1 aromatic rings. The zero-order valence-corrected chi connectivity index (χ0v) is 19.7. The van der Waals surface area contributed by atoms with E-state index in [1.54, 1.807) is 0 Å². The van der Waals surface area contributed by atoms with Crippen LogP contribution >= 0.6 is 0 Å². The van der Waals surface area contributed by atoms with Gasteiger partial charge in [-0.15, -0.1) is 0 Å². The lowest BCUT2D eigenvalue weighted by Crippen LogP contribution is -2.58. The Balaban J connectivity index is 1.32. The van der Waals surface area contributed by atoms with Crippen LogP contribution in [0.25, 0.3) is 0 Å². The van der Waals surface area contributed by atoms with Crippen molar-refractivity contribution < 1.29 is 9.59 Å². The molecule has 2 aliphatic heterocycles. The van der Waals surface area contributed by atoms with E-state index in [0.29, 0.717) is 19.0 Å². The fraction of sp³-hybridized carbons (Fsp3) is 0.692. The van der Waals surface area contributed by atoms with E-state index >= 15 is 0 Å². The van der Waals surface area contributed by atoms with Gasteiger partial charge in [0.05, 0.1) is 6.04 Å². The lowest BCUT2D eigenvalue weighted by Gasteiger charge is -2.41. The van der Waals surface area contributed by atoms with Crippen LogP contribution in [0.5, 0.6) is 0 Å². The van der Waals surface area contributed by atoms with Gasteiger partial charge < -0.3 is 15.1 Å². The van der Waals surface area contributed by atoms with Crippen LogP contribution in [0.15, 0.2) is 24.3 Å². The Morgan fingerprint density at radius 2 is 1.62 bits per heavy atom. The van der Waals surface area contributed by atoms with Gasteiger partial charge in [-0.25, -0.2) is 0 Å². The topological polar surface area (TPSA) is 55.9 Å². The number of aryl methyl sites for hydroxylation is 1. The fourth-order valence-corrected chi connectivity index (χ4v) is 5.76. The highest BCUT2D eigenvalue weighted by Gasteiger charge is 2.37. The molecular weight excluding hydrogens is 400 g/mol. The minimum atomic E-state index is -0.0467. The Labute approximate surface area is 193 Å². The van der Waals surface area contributed by atoms with Crippen molar-refractivity contribution in [2.45, 2.75) is 57.9 Å². The number of rotatable bonds is 7. The lowest BCUT2D eigenvalue weighted by atomic mass is 9.95. The summed E-state index contributed by atoms with van der Waals surface area (Å²) in [5.74, 6) is 0.766. The van der Waals surface area contributed by atoms with Crippen molar-refractivity contribution in [3.8, 4) is 0 Å². The highest BCUT2D eigenvalue weighted by molar-refractivity contribution is 5.95. The number of carbonyl (C=O) groups is 2. The molecule has 176 valence electrons. The third kappa shape index (κ3) is 5.70. The predicted molar refractivity (Wildman–Crippen MR) is 128 cm³/mol. The maximum atomic E-state index is 13.3. The number of nitrogens with one attached hydrogen (secondary N) is 1. The van der Waals surface area contributed by atoms with Crippen LogP contribution in [0.3, 0.4) is 0 Å². The van der Waals surface area contributed by atoms with E-state index in [0.717, 1.165) is 50.1 Å². The molecule has 1 saturated carbocycles. The van der Waals surface area contributed by atoms with Crippen molar-refractivity contribution in [1.82, 2.24) is 20.0 Å². The summed E-state index contributed by atoms with van der Waals surface area (Å²) in [6.07, 6.45) is 8.65. The van der Waals surface area contributed by atoms with Crippen LogP contribution in [-0.2, 0) is 4.79 Å². The summed E-state index contributed by atoms with van der Waals surface area (Å²) in [7, 11) is 0. The van der Waals surface area contributed by atoms with Gasteiger partial charge in [-0.2, -0.15) is 0 Å². The number of piperazine rings is 1. The number of amides is 2. The van der Waals surface area contributed by atoms with Gasteiger partial charge >= 0.3 is 0 Å². The summed E-state index contributed by atoms with van der Waals surface area (Å²) in [5.41, 5.74) is 1.82. The van der Waals surface area contributed by atoms with E-state index in [4.69, 9.17) is 0 Å². The first kappa shape index (κ1) is 23.2. The number of nitrogens with zero attached hydrogens (tertiary/aromatic N) is 3. The van der Waals surface area contributed by atoms with E-state index in [1.807, 2.05) is 36.1 Å². The molecule has 6 heteroatoms. The third-order valence-corrected chi connectivity index (χ3v) is 7.66. The summed E-state index contributed by atoms with van der Waals surface area (Å²) in [6.45, 7) is 8.96. The molecule has 3 aliphatic rings. The molecule has 1 N–H and O–H groups in total. The Bertz CT molecular complexity index is 763. The Kier molecular flexibility index (Phi) is 8.20. The van der Waals surface area contributed by atoms with Gasteiger partial charge in [0, 0.05) is 44.8 Å². The first-order valence-electron chi connectivity index (χ1n) is 12.7. The van der Waals surface area contributed by atoms with Gasteiger partial charge in [-0.1, -0.05) is 37.5 Å². The van der Waals surface area contributed by atoms with Crippen molar-refractivity contribution >= 4 is 11.8 Å². The maximum Gasteiger partial charge on any atom is 0.254 e. The third-order valence-electron chi connectivity index (χ3n) is 7.66. The minimum Gasteiger partial charge on any atom is -0.353 e. The fourth-order valence-electron chi connectivity index (χ4n) is 5.76. The van der Waals surface area contributed by atoms with E-state index < -0.39 is 0 Å². The molecule has 0 spiro atoms. The van der Waals surface area contributed by atoms with Crippen LogP contribution in [0, 0.1) is 12.8 Å². The molecule has 4 rings (SSSR count). The van der Waals surface area contributed by atoms with Crippen LogP contribution in [0.4, 0.5) is 0 Å². The predicted octanol–water partition coefficient (Wildman–Crippen LogP) is 2.91. The van der Waals surface area contributed by atoms with E-state index in [9.17, 15) is 9.59 Å². The molecule has 1 aromatic carbocycles. The second kappa shape index (κ2) is 11.3. The molecule has 2 amide bonds. The second-order valence-electron chi connectivity index (χ2n) is 9.83. The summed E-state index contributed by atoms with van der Waals surface area (Å²) >= 11 is 0. The molecule has 2 heterocycles. The molecule has 0 bridgehead atoms. The number of benzene rings is 1. The normalized spacial score (nSPS) is 22.1. The molecule has 3 fully saturated rings. The zero-order chi connectivity index (χ0) is 22.3. The average molecular weight is 441 g/mol. The largest absolute Gasteiger partial charge is 0.353 e. The molecule has 1 aliphatic carbocycles. The molecular formula is C26H40N4O2. The number of hydrogen-bond donors (Lipinski definition) is 1. The monoisotopic (exact) mass is 440 g/mol. The summed E-state index contributed by atoms with van der Waals surface area (Å²) in [5, 5.41) is 3.27. The maximum absolute atomic E-state index is 13.3. The highest BCUT2D eigenvalue weighted by atomic mass is 16.2. The molecule has 0 unspecified atom stereocenters. The van der Waals surface area contributed by atoms with Crippen LogP contribution in [-0.4, -0.2) is 84.9 Å². The molecule has 1 atom stereocenters. The highest BCUT2D eigenvalue weighted by Crippen LogP contribution is 2.31. The molecule has 32 heavy (non-hydrogen) atoms. The first-order valence-corrected chi connectivity index (χ1v) is 12.7. The number of likely N-dealkylation sites (tertiary alicyclic amines) is 1. The van der Waals surface area contributed by atoms with Gasteiger partial charge in [-0.3, -0.25) is 14.5 Å². The number of hydrogen-bond acceptors (Lipinski definition) is 4. The summed E-state index contributed by atoms with van der Waals surface area (Å²) in [6, 6.07) is 7.77. The summed E-state index contributed by atoms with van der Waals surface area (Å²) in [4.78, 5) is 33.1. The Morgan fingerprint density at radius 3 is 2.31 bits per heavy atom. The molecule has 2 saturated heterocycles. The summed E-state index contributed by atoms with van der Waals surface area (Å²) < 4.78 is 0. The average Bonchev–Trinajstić information content (AvgIpc) is 3.35. The van der Waals surface area contributed by atoms with Crippen LogP contribution < -0.4 is 5.32 Å².